The van der Waals surface area contributed by atoms with Gasteiger partial charge >= 0.3 is 0 Å². The fraction of sp³-hybridized carbons (Fsp3) is 0.0345. The van der Waals surface area contributed by atoms with Gasteiger partial charge in [-0.2, -0.15) is 0 Å². The van der Waals surface area contributed by atoms with E-state index < -0.39 is 0 Å². The van der Waals surface area contributed by atoms with Crippen LogP contribution in [0.4, 0.5) is 0 Å². The van der Waals surface area contributed by atoms with E-state index in [1.807, 2.05) is 85.1 Å². The van der Waals surface area contributed by atoms with Crippen LogP contribution in [0, 0.1) is 12.1 Å². The molecule has 0 aliphatic carbocycles. The summed E-state index contributed by atoms with van der Waals surface area (Å²) in [6, 6.07) is 42.7. The third-order valence-electron chi connectivity index (χ3n) is 4.75. The van der Waals surface area contributed by atoms with Crippen LogP contribution >= 0.6 is 0 Å². The van der Waals surface area contributed by atoms with Gasteiger partial charge in [0.15, 0.2) is 0 Å². The quantitative estimate of drug-likeness (QED) is 0.218. The molecule has 0 fully saturated rings. The molecule has 5 rings (SSSR count). The van der Waals surface area contributed by atoms with E-state index in [1.165, 1.54) is 11.1 Å². The standard InChI is InChI=1S/C18H14N.C11H8N.Ir/c1-2-8-15(9-3-1)14-16-10-4-5-11-17(16)18-12-6-7-13-19-18;1-2-6-10(7-3-1)11-8-4-5-9-12-11;/h1-10,12-13H,14H2;1-6,8-9H;/q2*-1;. The van der Waals surface area contributed by atoms with Crippen molar-refractivity contribution >= 4 is 0 Å². The van der Waals surface area contributed by atoms with Crippen LogP contribution in [-0.4, -0.2) is 9.97 Å². The van der Waals surface area contributed by atoms with E-state index in [0.29, 0.717) is 0 Å². The number of pyridine rings is 2. The molecule has 0 saturated carbocycles. The van der Waals surface area contributed by atoms with Gasteiger partial charge in [-0.15, -0.1) is 71.3 Å². The van der Waals surface area contributed by atoms with E-state index in [-0.39, 0.29) is 20.1 Å². The molecular formula is C29H22IrN2-2. The molecule has 0 atom stereocenters. The van der Waals surface area contributed by atoms with Crippen molar-refractivity contribution in [2.75, 3.05) is 0 Å². The first kappa shape index (κ1) is 23.3. The Bertz CT molecular complexity index is 1140. The van der Waals surface area contributed by atoms with Crippen LogP contribution in [0.15, 0.2) is 122 Å². The number of aromatic nitrogens is 2. The number of rotatable bonds is 4. The Labute approximate surface area is 203 Å². The molecule has 1 radical (unpaired) electrons. The molecule has 32 heavy (non-hydrogen) atoms. The molecule has 0 bridgehead atoms. The summed E-state index contributed by atoms with van der Waals surface area (Å²) < 4.78 is 0. The van der Waals surface area contributed by atoms with Gasteiger partial charge in [0, 0.05) is 32.5 Å². The second kappa shape index (κ2) is 12.5. The van der Waals surface area contributed by atoms with Crippen molar-refractivity contribution in [2.45, 2.75) is 6.42 Å². The van der Waals surface area contributed by atoms with E-state index in [0.717, 1.165) is 28.9 Å². The Morgan fingerprint density at radius 2 is 1.22 bits per heavy atom. The summed E-state index contributed by atoms with van der Waals surface area (Å²) in [5.41, 5.74) is 6.64. The smallest absolute Gasteiger partial charge is 0.0160 e. The summed E-state index contributed by atoms with van der Waals surface area (Å²) in [5, 5.41) is 0. The van der Waals surface area contributed by atoms with Gasteiger partial charge in [-0.3, -0.25) is 0 Å². The van der Waals surface area contributed by atoms with E-state index in [2.05, 4.69) is 52.4 Å². The number of hydrogen-bond donors (Lipinski definition) is 0. The molecule has 0 amide bonds. The van der Waals surface area contributed by atoms with Crippen LogP contribution in [0.5, 0.6) is 0 Å². The van der Waals surface area contributed by atoms with Crippen LogP contribution in [0.3, 0.4) is 0 Å². The van der Waals surface area contributed by atoms with Gasteiger partial charge in [-0.1, -0.05) is 60.2 Å². The molecule has 0 spiro atoms. The van der Waals surface area contributed by atoms with Crippen molar-refractivity contribution in [3.8, 4) is 22.5 Å². The third kappa shape index (κ3) is 6.55. The monoisotopic (exact) mass is 591 g/mol. The van der Waals surface area contributed by atoms with Gasteiger partial charge < -0.3 is 9.97 Å². The minimum atomic E-state index is 0. The summed E-state index contributed by atoms with van der Waals surface area (Å²) in [4.78, 5) is 8.64. The number of benzene rings is 3. The van der Waals surface area contributed by atoms with Gasteiger partial charge in [-0.25, -0.2) is 0 Å². The van der Waals surface area contributed by atoms with Crippen molar-refractivity contribution in [3.63, 3.8) is 0 Å². The second-order valence-corrected chi connectivity index (χ2v) is 6.94. The topological polar surface area (TPSA) is 25.8 Å². The van der Waals surface area contributed by atoms with Crippen molar-refractivity contribution in [1.82, 2.24) is 9.97 Å². The summed E-state index contributed by atoms with van der Waals surface area (Å²) in [6.45, 7) is 0. The zero-order chi connectivity index (χ0) is 21.1. The average molecular weight is 591 g/mol. The first-order valence-corrected chi connectivity index (χ1v) is 10.2. The zero-order valence-electron chi connectivity index (χ0n) is 17.5. The maximum Gasteiger partial charge on any atom is 0.0160 e. The first-order chi connectivity index (χ1) is 15.4. The molecule has 159 valence electrons. The Hall–Kier alpha value is -3.39. The number of hydrogen-bond acceptors (Lipinski definition) is 2. The normalized spacial score (nSPS) is 9.75. The van der Waals surface area contributed by atoms with Gasteiger partial charge in [0.2, 0.25) is 0 Å². The fourth-order valence-corrected chi connectivity index (χ4v) is 3.26. The van der Waals surface area contributed by atoms with E-state index in [4.69, 9.17) is 0 Å². The summed E-state index contributed by atoms with van der Waals surface area (Å²) in [7, 11) is 0. The predicted octanol–water partition coefficient (Wildman–Crippen LogP) is 6.69. The molecule has 0 aliphatic heterocycles. The molecule has 3 aromatic carbocycles. The van der Waals surface area contributed by atoms with E-state index in [9.17, 15) is 0 Å². The molecule has 0 aliphatic rings. The third-order valence-corrected chi connectivity index (χ3v) is 4.75. The molecule has 5 aromatic rings. The second-order valence-electron chi connectivity index (χ2n) is 6.94. The minimum absolute atomic E-state index is 0. The molecule has 2 heterocycles. The largest absolute Gasteiger partial charge is 0.305 e. The summed E-state index contributed by atoms with van der Waals surface area (Å²) in [5.74, 6) is 0. The molecule has 2 aromatic heterocycles. The van der Waals surface area contributed by atoms with Crippen molar-refractivity contribution in [3.05, 3.63) is 145 Å². The maximum atomic E-state index is 4.42. The Morgan fingerprint density at radius 1 is 0.562 bits per heavy atom. The van der Waals surface area contributed by atoms with E-state index in [1.54, 1.807) is 6.20 Å². The summed E-state index contributed by atoms with van der Waals surface area (Å²) in [6.07, 6.45) is 4.52. The van der Waals surface area contributed by atoms with Crippen molar-refractivity contribution < 1.29 is 20.1 Å². The minimum Gasteiger partial charge on any atom is -0.305 e. The van der Waals surface area contributed by atoms with Crippen molar-refractivity contribution in [2.24, 2.45) is 0 Å². The van der Waals surface area contributed by atoms with Crippen LogP contribution < -0.4 is 0 Å². The predicted molar refractivity (Wildman–Crippen MR) is 126 cm³/mol. The van der Waals surface area contributed by atoms with Gasteiger partial charge in [0.1, 0.15) is 0 Å². The maximum absolute atomic E-state index is 4.42. The summed E-state index contributed by atoms with van der Waals surface area (Å²) >= 11 is 0. The Morgan fingerprint density at radius 3 is 1.88 bits per heavy atom. The van der Waals surface area contributed by atoms with Gasteiger partial charge in [-0.05, 0) is 29.9 Å². The zero-order valence-corrected chi connectivity index (χ0v) is 19.9. The van der Waals surface area contributed by atoms with Crippen LogP contribution in [0.25, 0.3) is 22.5 Å². The van der Waals surface area contributed by atoms with Crippen LogP contribution in [0.1, 0.15) is 11.1 Å². The average Bonchev–Trinajstić information content (AvgIpc) is 2.87. The molecule has 0 unspecified atom stereocenters. The van der Waals surface area contributed by atoms with Gasteiger partial charge in [0.05, 0.1) is 0 Å². The fourth-order valence-electron chi connectivity index (χ4n) is 3.26. The molecule has 0 saturated heterocycles. The Kier molecular flexibility index (Phi) is 9.06. The van der Waals surface area contributed by atoms with Crippen LogP contribution in [-0.2, 0) is 26.5 Å². The molecule has 2 nitrogen and oxygen atoms in total. The van der Waals surface area contributed by atoms with Crippen LogP contribution in [0.2, 0.25) is 0 Å². The van der Waals surface area contributed by atoms with E-state index >= 15 is 0 Å². The Balaban J connectivity index is 0.000000193. The molecular weight excluding hydrogens is 569 g/mol. The SMILES string of the molecule is [Ir].[c-]1cccc(Cc2ccccc2)c1-c1ccccn1.[c-]1ccccc1-c1ccccn1. The van der Waals surface area contributed by atoms with Crippen molar-refractivity contribution in [1.29, 1.82) is 0 Å². The first-order valence-electron chi connectivity index (χ1n) is 10.2. The molecule has 0 N–H and O–H groups in total. The molecule has 3 heteroatoms. The van der Waals surface area contributed by atoms with Gasteiger partial charge in [0.25, 0.3) is 0 Å². The number of nitrogens with zero attached hydrogens (tertiary/aromatic N) is 2.